The van der Waals surface area contributed by atoms with Gasteiger partial charge in [-0.1, -0.05) is 78.9 Å². The molecule has 2 atom stereocenters. The van der Waals surface area contributed by atoms with Gasteiger partial charge in [0.1, 0.15) is 0 Å². The minimum atomic E-state index is -1.04. The summed E-state index contributed by atoms with van der Waals surface area (Å²) in [4.78, 5) is 26.2. The summed E-state index contributed by atoms with van der Waals surface area (Å²) in [5.41, 5.74) is 4.00. The Morgan fingerprint density at radius 1 is 0.529 bits per heavy atom. The molecule has 4 aromatic rings. The van der Waals surface area contributed by atoms with Gasteiger partial charge < -0.3 is 15.1 Å². The normalized spacial score (nSPS) is 12.5. The van der Waals surface area contributed by atoms with Crippen molar-refractivity contribution in [1.29, 1.82) is 0 Å². The summed E-state index contributed by atoms with van der Waals surface area (Å²) in [5, 5.41) is 19.7. The van der Waals surface area contributed by atoms with Crippen molar-refractivity contribution < 1.29 is 19.8 Å². The van der Waals surface area contributed by atoms with Crippen LogP contribution in [0, 0.1) is 0 Å². The van der Waals surface area contributed by atoms with E-state index in [9.17, 15) is 19.8 Å². The minimum absolute atomic E-state index is 0.0326. The Balaban J connectivity index is 1.66. The molecule has 4 rings (SSSR count). The molecule has 34 heavy (non-hydrogen) atoms. The first-order valence-electron chi connectivity index (χ1n) is 11.1. The van der Waals surface area contributed by atoms with Gasteiger partial charge in [0.05, 0.1) is 11.8 Å². The Hall–Kier alpha value is -4.38. The van der Waals surface area contributed by atoms with Gasteiger partial charge in [0, 0.05) is 17.1 Å². The van der Waals surface area contributed by atoms with Gasteiger partial charge in [-0.05, 0) is 53.9 Å². The fourth-order valence-electron chi connectivity index (χ4n) is 4.14. The molecule has 0 heterocycles. The number of carboxylic acid groups (broad SMARTS) is 2. The largest absolute Gasteiger partial charge is 0.481 e. The zero-order valence-electron chi connectivity index (χ0n) is 18.5. The number of carboxylic acids is 2. The molecule has 0 fully saturated rings. The van der Waals surface area contributed by atoms with Crippen LogP contribution in [0.25, 0.3) is 0 Å². The third kappa shape index (κ3) is 5.15. The molecular weight excluding hydrogens is 426 g/mol. The molecule has 2 unspecified atom stereocenters. The molecule has 5 heteroatoms. The summed E-state index contributed by atoms with van der Waals surface area (Å²) >= 11 is 0. The SMILES string of the molecule is O=C(O)C(CC(C(=O)O)c1ccc(N(c2ccccc2)c2ccccc2)cc1)c1ccccc1. The molecule has 0 bridgehead atoms. The molecule has 0 aromatic heterocycles. The molecule has 0 aliphatic rings. The van der Waals surface area contributed by atoms with Gasteiger partial charge in [-0.25, -0.2) is 0 Å². The lowest BCUT2D eigenvalue weighted by molar-refractivity contribution is -0.141. The van der Waals surface area contributed by atoms with Gasteiger partial charge in [0.2, 0.25) is 0 Å². The van der Waals surface area contributed by atoms with Gasteiger partial charge in [-0.3, -0.25) is 9.59 Å². The first-order valence-corrected chi connectivity index (χ1v) is 11.1. The zero-order chi connectivity index (χ0) is 23.9. The van der Waals surface area contributed by atoms with E-state index in [0.29, 0.717) is 11.1 Å². The third-order valence-corrected chi connectivity index (χ3v) is 5.85. The quantitative estimate of drug-likeness (QED) is 0.300. The van der Waals surface area contributed by atoms with Crippen molar-refractivity contribution in [3.63, 3.8) is 0 Å². The summed E-state index contributed by atoms with van der Waals surface area (Å²) in [5.74, 6) is -3.93. The Morgan fingerprint density at radius 2 is 0.882 bits per heavy atom. The van der Waals surface area contributed by atoms with E-state index in [1.165, 1.54) is 0 Å². The second-order valence-electron chi connectivity index (χ2n) is 8.03. The highest BCUT2D eigenvalue weighted by Gasteiger charge is 2.29. The highest BCUT2D eigenvalue weighted by molar-refractivity contribution is 5.81. The molecule has 2 N–H and O–H groups in total. The van der Waals surface area contributed by atoms with Crippen molar-refractivity contribution in [2.75, 3.05) is 4.90 Å². The molecule has 0 saturated heterocycles. The van der Waals surface area contributed by atoms with Crippen LogP contribution >= 0.6 is 0 Å². The van der Waals surface area contributed by atoms with Crippen LogP contribution in [0.1, 0.15) is 29.4 Å². The van der Waals surface area contributed by atoms with Gasteiger partial charge in [0.15, 0.2) is 0 Å². The van der Waals surface area contributed by atoms with E-state index in [1.54, 1.807) is 42.5 Å². The summed E-state index contributed by atoms with van der Waals surface area (Å²) < 4.78 is 0. The maximum Gasteiger partial charge on any atom is 0.311 e. The Morgan fingerprint density at radius 3 is 1.29 bits per heavy atom. The highest BCUT2D eigenvalue weighted by atomic mass is 16.4. The van der Waals surface area contributed by atoms with Crippen LogP contribution in [0.3, 0.4) is 0 Å². The highest BCUT2D eigenvalue weighted by Crippen LogP contribution is 2.36. The van der Waals surface area contributed by atoms with E-state index in [1.807, 2.05) is 72.8 Å². The predicted octanol–water partition coefficient (Wildman–Crippen LogP) is 6.58. The number of benzene rings is 4. The Kier molecular flexibility index (Phi) is 7.04. The molecule has 0 radical (unpaired) electrons. The van der Waals surface area contributed by atoms with Gasteiger partial charge in [0.25, 0.3) is 0 Å². The number of nitrogens with zero attached hydrogens (tertiary/aromatic N) is 1. The lowest BCUT2D eigenvalue weighted by Crippen LogP contribution is -2.20. The van der Waals surface area contributed by atoms with Crippen LogP contribution in [0.15, 0.2) is 115 Å². The first-order chi connectivity index (χ1) is 16.5. The van der Waals surface area contributed by atoms with Crippen LogP contribution in [-0.4, -0.2) is 22.2 Å². The number of hydrogen-bond acceptors (Lipinski definition) is 3. The summed E-state index contributed by atoms with van der Waals surface area (Å²) in [6.07, 6.45) is -0.0326. The van der Waals surface area contributed by atoms with Crippen LogP contribution in [0.4, 0.5) is 17.1 Å². The average Bonchev–Trinajstić information content (AvgIpc) is 2.87. The first kappa shape index (κ1) is 22.8. The van der Waals surface area contributed by atoms with E-state index in [4.69, 9.17) is 0 Å². The molecule has 170 valence electrons. The van der Waals surface area contributed by atoms with E-state index >= 15 is 0 Å². The number of para-hydroxylation sites is 2. The van der Waals surface area contributed by atoms with Crippen LogP contribution < -0.4 is 4.90 Å². The number of carbonyl (C=O) groups is 2. The zero-order valence-corrected chi connectivity index (χ0v) is 18.5. The van der Waals surface area contributed by atoms with Crippen LogP contribution in [0.5, 0.6) is 0 Å². The lowest BCUT2D eigenvalue weighted by atomic mass is 9.85. The Bertz CT molecular complexity index is 1190. The number of rotatable bonds is 9. The molecule has 0 aliphatic heterocycles. The van der Waals surface area contributed by atoms with E-state index in [2.05, 4.69) is 4.90 Å². The third-order valence-electron chi connectivity index (χ3n) is 5.85. The number of aliphatic carboxylic acids is 2. The lowest BCUT2D eigenvalue weighted by Gasteiger charge is -2.26. The molecule has 4 aromatic carbocycles. The second-order valence-corrected chi connectivity index (χ2v) is 8.03. The van der Waals surface area contributed by atoms with Crippen LogP contribution in [-0.2, 0) is 9.59 Å². The van der Waals surface area contributed by atoms with E-state index < -0.39 is 23.8 Å². The fraction of sp³-hybridized carbons (Fsp3) is 0.103. The van der Waals surface area contributed by atoms with E-state index in [-0.39, 0.29) is 6.42 Å². The van der Waals surface area contributed by atoms with Crippen molar-refractivity contribution in [1.82, 2.24) is 0 Å². The van der Waals surface area contributed by atoms with Crippen LogP contribution in [0.2, 0.25) is 0 Å². The number of anilines is 3. The monoisotopic (exact) mass is 451 g/mol. The molecular formula is C29H25NO4. The van der Waals surface area contributed by atoms with Crippen molar-refractivity contribution >= 4 is 29.0 Å². The molecule has 0 amide bonds. The predicted molar refractivity (Wildman–Crippen MR) is 133 cm³/mol. The molecule has 0 spiro atoms. The molecule has 0 aliphatic carbocycles. The van der Waals surface area contributed by atoms with E-state index in [0.717, 1.165) is 17.1 Å². The van der Waals surface area contributed by atoms with Gasteiger partial charge in [-0.15, -0.1) is 0 Å². The van der Waals surface area contributed by atoms with Gasteiger partial charge >= 0.3 is 11.9 Å². The maximum absolute atomic E-state index is 12.1. The topological polar surface area (TPSA) is 77.8 Å². The summed E-state index contributed by atoms with van der Waals surface area (Å²) in [7, 11) is 0. The van der Waals surface area contributed by atoms with Crippen molar-refractivity contribution in [3.05, 3.63) is 126 Å². The minimum Gasteiger partial charge on any atom is -0.481 e. The maximum atomic E-state index is 12.1. The van der Waals surface area contributed by atoms with Crippen molar-refractivity contribution in [2.45, 2.75) is 18.3 Å². The van der Waals surface area contributed by atoms with Crippen molar-refractivity contribution in [3.8, 4) is 0 Å². The summed E-state index contributed by atoms with van der Waals surface area (Å²) in [6, 6.07) is 35.9. The smallest absolute Gasteiger partial charge is 0.311 e. The molecule has 0 saturated carbocycles. The molecule has 5 nitrogen and oxygen atoms in total. The van der Waals surface area contributed by atoms with Crippen molar-refractivity contribution in [2.24, 2.45) is 0 Å². The number of hydrogen-bond donors (Lipinski definition) is 2. The fourth-order valence-corrected chi connectivity index (χ4v) is 4.14. The Labute approximate surface area is 198 Å². The van der Waals surface area contributed by atoms with Gasteiger partial charge in [-0.2, -0.15) is 0 Å². The average molecular weight is 452 g/mol. The summed E-state index contributed by atoms with van der Waals surface area (Å²) in [6.45, 7) is 0. The second kappa shape index (κ2) is 10.5. The standard InChI is InChI=1S/C29H25NO4/c31-28(32)26(21-10-4-1-5-11-21)20-27(29(33)34)22-16-18-25(19-17-22)30(23-12-6-2-7-13-23)24-14-8-3-9-15-24/h1-19,26-27H,20H2,(H,31,32)(H,33,34).